The monoisotopic (exact) mass is 154 g/mol. The lowest BCUT2D eigenvalue weighted by Gasteiger charge is -2.10. The minimum Gasteiger partial charge on any atom is -0.459 e. The van der Waals surface area contributed by atoms with Crippen LogP contribution in [-0.2, 0) is 9.53 Å². The summed E-state index contributed by atoms with van der Waals surface area (Å²) in [5.74, 6) is 0.370. The van der Waals surface area contributed by atoms with E-state index in [9.17, 15) is 4.79 Å². The van der Waals surface area contributed by atoms with Crippen molar-refractivity contribution in [3.05, 3.63) is 12.2 Å². The molecule has 0 radical (unpaired) electrons. The average molecular weight is 154 g/mol. The molecule has 1 rings (SSSR count). The van der Waals surface area contributed by atoms with Crippen molar-refractivity contribution < 1.29 is 9.53 Å². The third-order valence-corrected chi connectivity index (χ3v) is 1.77. The molecule has 1 unspecified atom stereocenters. The predicted molar refractivity (Wildman–Crippen MR) is 43.1 cm³/mol. The Labute approximate surface area is 67.2 Å². The number of rotatable bonds is 2. The Bertz CT molecular complexity index is 166. The van der Waals surface area contributed by atoms with Crippen molar-refractivity contribution in [3.8, 4) is 0 Å². The van der Waals surface area contributed by atoms with Gasteiger partial charge in [-0.2, -0.15) is 0 Å². The zero-order valence-electron chi connectivity index (χ0n) is 7.09. The van der Waals surface area contributed by atoms with E-state index in [0.29, 0.717) is 11.5 Å². The summed E-state index contributed by atoms with van der Waals surface area (Å²) in [4.78, 5) is 10.8. The van der Waals surface area contributed by atoms with E-state index in [4.69, 9.17) is 4.74 Å². The van der Waals surface area contributed by atoms with Crippen LogP contribution in [0.3, 0.4) is 0 Å². The van der Waals surface area contributed by atoms with Gasteiger partial charge in [0, 0.05) is 12.0 Å². The van der Waals surface area contributed by atoms with Crippen molar-refractivity contribution >= 4 is 5.97 Å². The molecular weight excluding hydrogens is 140 g/mol. The van der Waals surface area contributed by atoms with Crippen LogP contribution in [0.4, 0.5) is 0 Å². The van der Waals surface area contributed by atoms with Crippen LogP contribution >= 0.6 is 0 Å². The molecule has 0 bridgehead atoms. The van der Waals surface area contributed by atoms with E-state index in [0.717, 1.165) is 12.8 Å². The van der Waals surface area contributed by atoms with Gasteiger partial charge in [0.1, 0.15) is 6.10 Å². The molecule has 11 heavy (non-hydrogen) atoms. The van der Waals surface area contributed by atoms with Gasteiger partial charge in [0.05, 0.1) is 0 Å². The molecule has 0 aromatic rings. The summed E-state index contributed by atoms with van der Waals surface area (Å²) in [6, 6.07) is 0. The van der Waals surface area contributed by atoms with E-state index >= 15 is 0 Å². The zero-order chi connectivity index (χ0) is 8.43. The Morgan fingerprint density at radius 1 is 1.73 bits per heavy atom. The highest BCUT2D eigenvalue weighted by Gasteiger charge is 2.27. The Morgan fingerprint density at radius 3 is 2.73 bits per heavy atom. The zero-order valence-corrected chi connectivity index (χ0v) is 7.09. The molecule has 2 heteroatoms. The summed E-state index contributed by atoms with van der Waals surface area (Å²) in [5.41, 5.74) is 0.621. The molecule has 1 atom stereocenters. The van der Waals surface area contributed by atoms with Crippen LogP contribution < -0.4 is 0 Å². The van der Waals surface area contributed by atoms with Crippen molar-refractivity contribution in [2.24, 2.45) is 5.92 Å². The first-order valence-electron chi connectivity index (χ1n) is 3.98. The predicted octanol–water partition coefficient (Wildman–Crippen LogP) is 1.90. The van der Waals surface area contributed by atoms with Gasteiger partial charge in [0.15, 0.2) is 0 Å². The SMILES string of the molecule is C=C1CC(CC(C)C)OC1=O. The van der Waals surface area contributed by atoms with Crippen molar-refractivity contribution in [3.63, 3.8) is 0 Å². The first kappa shape index (κ1) is 8.31. The van der Waals surface area contributed by atoms with Gasteiger partial charge in [-0.05, 0) is 12.3 Å². The highest BCUT2D eigenvalue weighted by molar-refractivity contribution is 5.89. The molecule has 2 nitrogen and oxygen atoms in total. The lowest BCUT2D eigenvalue weighted by molar-refractivity contribution is -0.139. The fourth-order valence-electron chi connectivity index (χ4n) is 1.29. The molecule has 0 aliphatic carbocycles. The summed E-state index contributed by atoms with van der Waals surface area (Å²) < 4.78 is 5.05. The number of esters is 1. The van der Waals surface area contributed by atoms with E-state index < -0.39 is 0 Å². The smallest absolute Gasteiger partial charge is 0.333 e. The van der Waals surface area contributed by atoms with Crippen LogP contribution in [0.15, 0.2) is 12.2 Å². The molecule has 0 spiro atoms. The molecule has 1 saturated heterocycles. The van der Waals surface area contributed by atoms with Gasteiger partial charge in [-0.15, -0.1) is 0 Å². The van der Waals surface area contributed by atoms with Crippen LogP contribution in [0.5, 0.6) is 0 Å². The molecule has 1 aliphatic rings. The molecule has 1 aliphatic heterocycles. The number of hydrogen-bond acceptors (Lipinski definition) is 2. The number of carbonyl (C=O) groups excluding carboxylic acids is 1. The Hall–Kier alpha value is -0.790. The van der Waals surface area contributed by atoms with Crippen molar-refractivity contribution in [2.45, 2.75) is 32.8 Å². The van der Waals surface area contributed by atoms with Crippen LogP contribution in [0.1, 0.15) is 26.7 Å². The topological polar surface area (TPSA) is 26.3 Å². The van der Waals surface area contributed by atoms with Crippen molar-refractivity contribution in [2.75, 3.05) is 0 Å². The van der Waals surface area contributed by atoms with E-state index in [1.807, 2.05) is 0 Å². The molecule has 0 aromatic heterocycles. The van der Waals surface area contributed by atoms with Crippen molar-refractivity contribution in [1.82, 2.24) is 0 Å². The summed E-state index contributed by atoms with van der Waals surface area (Å²) in [5, 5.41) is 0. The van der Waals surface area contributed by atoms with Gasteiger partial charge >= 0.3 is 5.97 Å². The Morgan fingerprint density at radius 2 is 2.36 bits per heavy atom. The average Bonchev–Trinajstić information content (AvgIpc) is 2.10. The number of cyclic esters (lactones) is 1. The van der Waals surface area contributed by atoms with Gasteiger partial charge in [0.2, 0.25) is 0 Å². The summed E-state index contributed by atoms with van der Waals surface area (Å²) in [7, 11) is 0. The van der Waals surface area contributed by atoms with Crippen molar-refractivity contribution in [1.29, 1.82) is 0 Å². The third kappa shape index (κ3) is 2.07. The number of ether oxygens (including phenoxy) is 1. The van der Waals surface area contributed by atoms with E-state index in [1.165, 1.54) is 0 Å². The lowest BCUT2D eigenvalue weighted by atomic mass is 10.0. The molecular formula is C9H14O2. The van der Waals surface area contributed by atoms with E-state index in [2.05, 4.69) is 20.4 Å². The minimum atomic E-state index is -0.212. The lowest BCUT2D eigenvalue weighted by Crippen LogP contribution is -2.09. The third-order valence-electron chi connectivity index (χ3n) is 1.77. The first-order chi connectivity index (χ1) is 5.09. The van der Waals surface area contributed by atoms with Crippen LogP contribution in [0.2, 0.25) is 0 Å². The number of hydrogen-bond donors (Lipinski definition) is 0. The second kappa shape index (κ2) is 3.07. The maximum Gasteiger partial charge on any atom is 0.333 e. The molecule has 62 valence electrons. The molecule has 1 fully saturated rings. The summed E-state index contributed by atoms with van der Waals surface area (Å²) in [6.07, 6.45) is 1.76. The van der Waals surface area contributed by atoms with Gasteiger partial charge in [0.25, 0.3) is 0 Å². The number of carbonyl (C=O) groups is 1. The highest BCUT2D eigenvalue weighted by Crippen LogP contribution is 2.23. The summed E-state index contributed by atoms with van der Waals surface area (Å²) in [6.45, 7) is 7.86. The van der Waals surface area contributed by atoms with E-state index in [1.54, 1.807) is 0 Å². The highest BCUT2D eigenvalue weighted by atomic mass is 16.5. The molecule has 0 saturated carbocycles. The Balaban J connectivity index is 2.41. The first-order valence-corrected chi connectivity index (χ1v) is 3.98. The molecule has 1 heterocycles. The standard InChI is InChI=1S/C9H14O2/c1-6(2)4-8-5-7(3)9(10)11-8/h6,8H,3-5H2,1-2H3. The molecule has 0 amide bonds. The molecule has 0 N–H and O–H groups in total. The maximum atomic E-state index is 10.8. The minimum absolute atomic E-state index is 0.0926. The normalized spacial score (nSPS) is 24.5. The fourth-order valence-corrected chi connectivity index (χ4v) is 1.29. The quantitative estimate of drug-likeness (QED) is 0.448. The van der Waals surface area contributed by atoms with Crippen LogP contribution in [-0.4, -0.2) is 12.1 Å². The van der Waals surface area contributed by atoms with Crippen LogP contribution in [0.25, 0.3) is 0 Å². The van der Waals surface area contributed by atoms with Gasteiger partial charge < -0.3 is 4.74 Å². The van der Waals surface area contributed by atoms with Gasteiger partial charge in [-0.25, -0.2) is 4.79 Å². The second-order valence-electron chi connectivity index (χ2n) is 3.46. The Kier molecular flexibility index (Phi) is 2.32. The van der Waals surface area contributed by atoms with E-state index in [-0.39, 0.29) is 12.1 Å². The molecule has 0 aromatic carbocycles. The summed E-state index contributed by atoms with van der Waals surface area (Å²) >= 11 is 0. The van der Waals surface area contributed by atoms with Crippen LogP contribution in [0, 0.1) is 5.92 Å². The maximum absolute atomic E-state index is 10.8. The van der Waals surface area contributed by atoms with Gasteiger partial charge in [-0.3, -0.25) is 0 Å². The second-order valence-corrected chi connectivity index (χ2v) is 3.46. The largest absolute Gasteiger partial charge is 0.459 e. The van der Waals surface area contributed by atoms with Gasteiger partial charge in [-0.1, -0.05) is 20.4 Å². The fraction of sp³-hybridized carbons (Fsp3) is 0.667.